The number of hydrogen-bond donors (Lipinski definition) is 2. The van der Waals surface area contributed by atoms with E-state index < -0.39 is 23.4 Å². The highest BCUT2D eigenvalue weighted by molar-refractivity contribution is 5.95. The van der Waals surface area contributed by atoms with E-state index in [1.54, 1.807) is 22.8 Å². The van der Waals surface area contributed by atoms with Gasteiger partial charge in [0.25, 0.3) is 5.91 Å². The van der Waals surface area contributed by atoms with Crippen molar-refractivity contribution in [1.82, 2.24) is 24.0 Å². The number of carboxylic acid groups (broad SMARTS) is 1. The van der Waals surface area contributed by atoms with Gasteiger partial charge in [-0.15, -0.1) is 0 Å². The van der Waals surface area contributed by atoms with E-state index in [1.807, 2.05) is 49.3 Å². The van der Waals surface area contributed by atoms with E-state index in [0.717, 1.165) is 54.8 Å². The van der Waals surface area contributed by atoms with Crippen molar-refractivity contribution >= 4 is 28.4 Å². The number of nitrogens with zero attached hydrogens (tertiary/aromatic N) is 5. The smallest absolute Gasteiger partial charge is 0.421 e. The van der Waals surface area contributed by atoms with E-state index in [0.29, 0.717) is 35.8 Å². The summed E-state index contributed by atoms with van der Waals surface area (Å²) in [7, 11) is 0. The summed E-state index contributed by atoms with van der Waals surface area (Å²) in [6, 6.07) is 9.47. The standard InChI is InChI=1S/C35H40F3N5O4/c1-19-25-12-10-23(31(44)41-17-22-9-13-26(41)30(22)43(32(45)46)33(2,3)4)18-42(25)39-29(19)28-14-21-8-11-24(34(5,47)35(36,37)38)15-27(21)40(28)16-20-6-7-20/h8,10-12,14-15,18,20,22,26,30,47H,6-7,9,13,16-17H2,1-5H3,(H,45,46)/t22?,26?,30-,34?/m1/s1. The second kappa shape index (κ2) is 10.5. The maximum absolute atomic E-state index is 13.9. The maximum Gasteiger partial charge on any atom is 0.421 e. The molecule has 4 heterocycles. The molecule has 3 unspecified atom stereocenters. The second-order valence-corrected chi connectivity index (χ2v) is 14.8. The van der Waals surface area contributed by atoms with Crippen LogP contribution in [0.3, 0.4) is 0 Å². The Morgan fingerprint density at radius 1 is 1.00 bits per heavy atom. The van der Waals surface area contributed by atoms with Gasteiger partial charge in [0, 0.05) is 41.3 Å². The minimum absolute atomic E-state index is 0.0790. The lowest BCUT2D eigenvalue weighted by atomic mass is 9.94. The number of amides is 2. The molecule has 0 radical (unpaired) electrons. The summed E-state index contributed by atoms with van der Waals surface area (Å²) in [6.45, 7) is 9.47. The van der Waals surface area contributed by atoms with Crippen LogP contribution < -0.4 is 0 Å². The molecule has 0 spiro atoms. The molecule has 2 N–H and O–H groups in total. The molecule has 2 bridgehead atoms. The fourth-order valence-electron chi connectivity index (χ4n) is 7.83. The lowest BCUT2D eigenvalue weighted by Crippen LogP contribution is -2.55. The van der Waals surface area contributed by atoms with E-state index in [9.17, 15) is 33.0 Å². The van der Waals surface area contributed by atoms with Gasteiger partial charge in [0.2, 0.25) is 0 Å². The largest absolute Gasteiger partial charge is 0.465 e. The molecule has 3 aliphatic rings. The number of pyridine rings is 1. The van der Waals surface area contributed by atoms with Crippen molar-refractivity contribution in [3.05, 3.63) is 59.3 Å². The molecule has 9 nitrogen and oxygen atoms in total. The van der Waals surface area contributed by atoms with Gasteiger partial charge in [-0.25, -0.2) is 9.31 Å². The van der Waals surface area contributed by atoms with Gasteiger partial charge in [-0.1, -0.05) is 12.1 Å². The van der Waals surface area contributed by atoms with E-state index in [4.69, 9.17) is 5.10 Å². The average Bonchev–Trinajstić information content (AvgIpc) is 3.32. The highest BCUT2D eigenvalue weighted by Crippen LogP contribution is 2.45. The molecule has 12 heteroatoms. The minimum atomic E-state index is -4.83. The molecule has 2 saturated carbocycles. The second-order valence-electron chi connectivity index (χ2n) is 14.8. The number of piperidine rings is 1. The molecule has 1 saturated heterocycles. The fourth-order valence-corrected chi connectivity index (χ4v) is 7.83. The van der Waals surface area contributed by atoms with Crippen molar-refractivity contribution in [1.29, 1.82) is 0 Å². The summed E-state index contributed by atoms with van der Waals surface area (Å²) in [5.74, 6) is 0.327. The summed E-state index contributed by atoms with van der Waals surface area (Å²) >= 11 is 0. The van der Waals surface area contributed by atoms with Gasteiger partial charge in [0.05, 0.1) is 28.9 Å². The van der Waals surface area contributed by atoms with Crippen molar-refractivity contribution in [3.63, 3.8) is 0 Å². The van der Waals surface area contributed by atoms with Crippen LogP contribution in [0, 0.1) is 18.8 Å². The van der Waals surface area contributed by atoms with Gasteiger partial charge >= 0.3 is 12.3 Å². The Bertz CT molecular complexity index is 1920. The summed E-state index contributed by atoms with van der Waals surface area (Å²) in [4.78, 5) is 29.6. The van der Waals surface area contributed by atoms with Crippen molar-refractivity contribution in [3.8, 4) is 11.4 Å². The van der Waals surface area contributed by atoms with Crippen LogP contribution in [0.5, 0.6) is 0 Å². The predicted octanol–water partition coefficient (Wildman–Crippen LogP) is 6.83. The number of alkyl halides is 3. The van der Waals surface area contributed by atoms with Crippen LogP contribution in [0.15, 0.2) is 42.6 Å². The van der Waals surface area contributed by atoms with Gasteiger partial charge in [-0.2, -0.15) is 18.3 Å². The number of fused-ring (bicyclic) bond motifs is 4. The molecular formula is C35H40F3N5O4. The summed E-state index contributed by atoms with van der Waals surface area (Å²) < 4.78 is 44.9. The zero-order valence-electron chi connectivity index (χ0n) is 27.2. The zero-order chi connectivity index (χ0) is 33.8. The van der Waals surface area contributed by atoms with E-state index in [-0.39, 0.29) is 29.5 Å². The molecule has 2 aliphatic carbocycles. The summed E-state index contributed by atoms with van der Waals surface area (Å²) in [5.41, 5.74) is 0.335. The van der Waals surface area contributed by atoms with Crippen LogP contribution in [0.1, 0.15) is 74.9 Å². The Kier molecular flexibility index (Phi) is 7.02. The highest BCUT2D eigenvalue weighted by atomic mass is 19.4. The van der Waals surface area contributed by atoms with Gasteiger partial charge in [0.15, 0.2) is 5.60 Å². The number of aliphatic hydroxyl groups is 1. The van der Waals surface area contributed by atoms with Crippen molar-refractivity contribution in [2.45, 2.75) is 96.2 Å². The molecule has 3 fully saturated rings. The summed E-state index contributed by atoms with van der Waals surface area (Å²) in [5, 5.41) is 26.1. The third-order valence-corrected chi connectivity index (χ3v) is 10.6. The fraction of sp³-hybridized carbons (Fsp3) is 0.514. The first-order valence-corrected chi connectivity index (χ1v) is 16.2. The number of rotatable bonds is 6. The third-order valence-electron chi connectivity index (χ3n) is 10.6. The number of halogens is 3. The lowest BCUT2D eigenvalue weighted by Gasteiger charge is -2.40. The van der Waals surface area contributed by atoms with E-state index in [2.05, 4.69) is 0 Å². The number of carbonyl (C=O) groups excluding carboxylic acids is 1. The van der Waals surface area contributed by atoms with Crippen LogP contribution in [0.2, 0.25) is 0 Å². The molecule has 1 aliphatic heterocycles. The Labute approximate surface area is 270 Å². The first-order valence-electron chi connectivity index (χ1n) is 16.2. The Morgan fingerprint density at radius 3 is 2.36 bits per heavy atom. The minimum Gasteiger partial charge on any atom is -0.465 e. The Balaban J connectivity index is 1.24. The normalized spacial score (nSPS) is 22.7. The van der Waals surface area contributed by atoms with Crippen LogP contribution >= 0.6 is 0 Å². The number of carbonyl (C=O) groups is 2. The third kappa shape index (κ3) is 5.06. The van der Waals surface area contributed by atoms with E-state index >= 15 is 0 Å². The number of hydrogen-bond acceptors (Lipinski definition) is 4. The molecule has 250 valence electrons. The van der Waals surface area contributed by atoms with Crippen LogP contribution in [0.25, 0.3) is 27.8 Å². The Hall–Kier alpha value is -4.06. The molecule has 2 amide bonds. The average molecular weight is 652 g/mol. The maximum atomic E-state index is 13.9. The zero-order valence-corrected chi connectivity index (χ0v) is 27.2. The first-order chi connectivity index (χ1) is 22.0. The number of aromatic nitrogens is 3. The topological polar surface area (TPSA) is 103 Å². The molecule has 3 aromatic heterocycles. The molecule has 47 heavy (non-hydrogen) atoms. The van der Waals surface area contributed by atoms with Crippen molar-refractivity contribution in [2.24, 2.45) is 11.8 Å². The number of likely N-dealkylation sites (tertiary alicyclic amines) is 1. The first kappa shape index (κ1) is 31.5. The van der Waals surface area contributed by atoms with Crippen LogP contribution in [-0.2, 0) is 12.1 Å². The van der Waals surface area contributed by atoms with E-state index in [1.165, 1.54) is 17.0 Å². The van der Waals surface area contributed by atoms with Gasteiger partial charge in [0.1, 0.15) is 5.69 Å². The number of aryl methyl sites for hydroxylation is 1. The molecular weight excluding hydrogens is 611 g/mol. The SMILES string of the molecule is Cc1c(-c2cc3ccc(C(C)(O)C(F)(F)F)cc3n2CC2CC2)nn2cc(C(=O)N3CC4CCC3[C@@H]4N(C(=O)O)C(C)(C)C)ccc12. The van der Waals surface area contributed by atoms with Gasteiger partial charge < -0.3 is 19.7 Å². The molecule has 4 aromatic rings. The molecule has 4 atom stereocenters. The molecule has 1 aromatic carbocycles. The number of benzene rings is 1. The van der Waals surface area contributed by atoms with Crippen molar-refractivity contribution < 1.29 is 33.0 Å². The van der Waals surface area contributed by atoms with Crippen LogP contribution in [-0.4, -0.2) is 76.5 Å². The quantitative estimate of drug-likeness (QED) is 0.238. The monoisotopic (exact) mass is 651 g/mol. The predicted molar refractivity (Wildman–Crippen MR) is 170 cm³/mol. The molecule has 7 rings (SSSR count). The van der Waals surface area contributed by atoms with Crippen LogP contribution in [0.4, 0.5) is 18.0 Å². The summed E-state index contributed by atoms with van der Waals surface area (Å²) in [6.07, 6.45) is -0.398. The Morgan fingerprint density at radius 2 is 1.72 bits per heavy atom. The van der Waals surface area contributed by atoms with Gasteiger partial charge in [-0.3, -0.25) is 9.69 Å². The highest BCUT2D eigenvalue weighted by Gasteiger charge is 2.54. The van der Waals surface area contributed by atoms with Crippen molar-refractivity contribution in [2.75, 3.05) is 6.54 Å². The van der Waals surface area contributed by atoms with Gasteiger partial charge in [-0.05, 0) is 102 Å². The lowest BCUT2D eigenvalue weighted by molar-refractivity contribution is -0.258.